The first-order valence-corrected chi connectivity index (χ1v) is 13.2. The van der Waals surface area contributed by atoms with Crippen molar-refractivity contribution >= 4 is 60.8 Å². The van der Waals surface area contributed by atoms with Gasteiger partial charge in [0, 0.05) is 21.1 Å². The molecule has 174 valence electrons. The van der Waals surface area contributed by atoms with Gasteiger partial charge in [0.05, 0.1) is 16.8 Å². The molecule has 1 N–H and O–H groups in total. The summed E-state index contributed by atoms with van der Waals surface area (Å²) < 4.78 is 15.9. The van der Waals surface area contributed by atoms with Gasteiger partial charge in [-0.2, -0.15) is 0 Å². The molecule has 3 aromatic carbocycles. The normalized spacial score (nSPS) is 11.0. The number of aromatic nitrogens is 2. The van der Waals surface area contributed by atoms with Gasteiger partial charge in [-0.3, -0.25) is 14.2 Å². The molecule has 0 spiro atoms. The van der Waals surface area contributed by atoms with Crippen LogP contribution in [0.25, 0.3) is 27.0 Å². The lowest BCUT2D eigenvalue weighted by Gasteiger charge is -2.13. The molecule has 0 fully saturated rings. The maximum atomic E-state index is 13.8. The Morgan fingerprint density at radius 2 is 1.74 bits per heavy atom. The lowest BCUT2D eigenvalue weighted by Crippen LogP contribution is -2.22. The highest BCUT2D eigenvalue weighted by molar-refractivity contribution is 9.10. The molecule has 2 aromatic heterocycles. The number of benzene rings is 3. The van der Waals surface area contributed by atoms with E-state index >= 15 is 0 Å². The summed E-state index contributed by atoms with van der Waals surface area (Å²) in [6, 6.07) is 22.6. The zero-order valence-electron chi connectivity index (χ0n) is 18.1. The fourth-order valence-corrected chi connectivity index (χ4v) is 5.64. The molecule has 0 saturated heterocycles. The van der Waals surface area contributed by atoms with E-state index in [4.69, 9.17) is 4.98 Å². The van der Waals surface area contributed by atoms with Crippen molar-refractivity contribution in [3.8, 4) is 16.8 Å². The van der Waals surface area contributed by atoms with Crippen LogP contribution in [-0.4, -0.2) is 21.2 Å². The minimum absolute atomic E-state index is 0.0804. The Balaban J connectivity index is 1.53. The number of carbonyl (C=O) groups excluding carboxylic acids is 1. The SMILES string of the molecule is O=C(CSc1nc2scc(-c3ccc(F)cc3)c2c(=O)n1-c1ccccc1)Nc1ccc(Br)cc1. The molecule has 2 heterocycles. The molecule has 1 amide bonds. The molecule has 0 aliphatic heterocycles. The molecular formula is C26H17BrFN3O2S2. The predicted molar refractivity (Wildman–Crippen MR) is 144 cm³/mol. The Kier molecular flexibility index (Phi) is 6.81. The van der Waals surface area contributed by atoms with Crippen molar-refractivity contribution in [2.45, 2.75) is 5.16 Å². The van der Waals surface area contributed by atoms with E-state index in [2.05, 4.69) is 21.2 Å². The highest BCUT2D eigenvalue weighted by Crippen LogP contribution is 2.33. The third-order valence-corrected chi connectivity index (χ3v) is 7.55. The van der Waals surface area contributed by atoms with Gasteiger partial charge in [-0.25, -0.2) is 9.37 Å². The van der Waals surface area contributed by atoms with Crippen LogP contribution in [0.4, 0.5) is 10.1 Å². The van der Waals surface area contributed by atoms with Crippen LogP contribution in [0.3, 0.4) is 0 Å². The second kappa shape index (κ2) is 10.2. The maximum Gasteiger partial charge on any atom is 0.268 e. The largest absolute Gasteiger partial charge is 0.325 e. The third-order valence-electron chi connectivity index (χ3n) is 5.21. The number of nitrogens with zero attached hydrogens (tertiary/aromatic N) is 2. The molecule has 0 saturated carbocycles. The zero-order valence-corrected chi connectivity index (χ0v) is 21.3. The fourth-order valence-electron chi connectivity index (χ4n) is 3.58. The van der Waals surface area contributed by atoms with Crippen LogP contribution < -0.4 is 10.9 Å². The summed E-state index contributed by atoms with van der Waals surface area (Å²) in [5.74, 6) is -0.463. The number of thioether (sulfide) groups is 1. The lowest BCUT2D eigenvalue weighted by molar-refractivity contribution is -0.113. The zero-order chi connectivity index (χ0) is 24.4. The molecule has 0 atom stereocenters. The summed E-state index contributed by atoms with van der Waals surface area (Å²) in [6.45, 7) is 0. The molecule has 0 radical (unpaired) electrons. The predicted octanol–water partition coefficient (Wildman–Crippen LogP) is 6.75. The van der Waals surface area contributed by atoms with Gasteiger partial charge in [-0.1, -0.05) is 58.0 Å². The molecule has 5 nitrogen and oxygen atoms in total. The van der Waals surface area contributed by atoms with E-state index in [-0.39, 0.29) is 23.0 Å². The van der Waals surface area contributed by atoms with Crippen molar-refractivity contribution < 1.29 is 9.18 Å². The van der Waals surface area contributed by atoms with Gasteiger partial charge in [0.2, 0.25) is 5.91 Å². The van der Waals surface area contributed by atoms with Crippen molar-refractivity contribution in [1.29, 1.82) is 0 Å². The van der Waals surface area contributed by atoms with Crippen LogP contribution in [0.1, 0.15) is 0 Å². The van der Waals surface area contributed by atoms with Gasteiger partial charge in [-0.05, 0) is 54.1 Å². The van der Waals surface area contributed by atoms with Crippen molar-refractivity contribution in [3.05, 3.63) is 105 Å². The maximum absolute atomic E-state index is 13.8. The Labute approximate surface area is 216 Å². The van der Waals surface area contributed by atoms with Crippen LogP contribution in [0.15, 0.2) is 98.7 Å². The Morgan fingerprint density at radius 1 is 1.03 bits per heavy atom. The van der Waals surface area contributed by atoms with E-state index in [1.54, 1.807) is 24.3 Å². The van der Waals surface area contributed by atoms with Gasteiger partial charge >= 0.3 is 0 Å². The minimum Gasteiger partial charge on any atom is -0.325 e. The number of halogens is 2. The number of nitrogens with one attached hydrogen (secondary N) is 1. The number of thiophene rings is 1. The summed E-state index contributed by atoms with van der Waals surface area (Å²) >= 11 is 5.92. The van der Waals surface area contributed by atoms with Crippen LogP contribution >= 0.6 is 39.0 Å². The number of fused-ring (bicyclic) bond motifs is 1. The van der Waals surface area contributed by atoms with Crippen molar-refractivity contribution in [2.75, 3.05) is 11.1 Å². The smallest absolute Gasteiger partial charge is 0.268 e. The second-order valence-corrected chi connectivity index (χ2v) is 10.3. The van der Waals surface area contributed by atoms with Gasteiger partial charge in [0.25, 0.3) is 5.56 Å². The molecule has 0 bridgehead atoms. The molecule has 0 unspecified atom stereocenters. The van der Waals surface area contributed by atoms with E-state index in [9.17, 15) is 14.0 Å². The van der Waals surface area contributed by atoms with Gasteiger partial charge in [0.15, 0.2) is 5.16 Å². The monoisotopic (exact) mass is 565 g/mol. The minimum atomic E-state index is -0.340. The summed E-state index contributed by atoms with van der Waals surface area (Å²) in [5.41, 5.74) is 2.54. The Morgan fingerprint density at radius 3 is 2.46 bits per heavy atom. The topological polar surface area (TPSA) is 64.0 Å². The van der Waals surface area contributed by atoms with Crippen LogP contribution in [0.5, 0.6) is 0 Å². The number of hydrogen-bond donors (Lipinski definition) is 1. The van der Waals surface area contributed by atoms with E-state index < -0.39 is 0 Å². The lowest BCUT2D eigenvalue weighted by atomic mass is 10.1. The number of anilines is 1. The van der Waals surface area contributed by atoms with Gasteiger partial charge < -0.3 is 5.32 Å². The van der Waals surface area contributed by atoms with E-state index in [0.717, 1.165) is 10.0 Å². The quantitative estimate of drug-likeness (QED) is 0.183. The molecule has 9 heteroatoms. The molecule has 0 aliphatic rings. The molecule has 5 rings (SSSR count). The van der Waals surface area contributed by atoms with Crippen molar-refractivity contribution in [1.82, 2.24) is 9.55 Å². The van der Waals surface area contributed by atoms with Gasteiger partial charge in [0.1, 0.15) is 10.6 Å². The average Bonchev–Trinajstić information content (AvgIpc) is 3.29. The van der Waals surface area contributed by atoms with Gasteiger partial charge in [-0.15, -0.1) is 11.3 Å². The number of carbonyl (C=O) groups is 1. The standard InChI is InChI=1S/C26H17BrFN3O2S2/c27-17-8-12-19(13-9-17)29-22(32)15-35-26-30-24-23(25(33)31(26)20-4-2-1-3-5-20)21(14-34-24)16-6-10-18(28)11-7-16/h1-14H,15H2,(H,29,32). The fraction of sp³-hybridized carbons (Fsp3) is 0.0385. The van der Waals surface area contributed by atoms with Crippen molar-refractivity contribution in [2.24, 2.45) is 0 Å². The summed E-state index contributed by atoms with van der Waals surface area (Å²) in [7, 11) is 0. The second-order valence-electron chi connectivity index (χ2n) is 7.55. The van der Waals surface area contributed by atoms with Crippen LogP contribution in [0.2, 0.25) is 0 Å². The third kappa shape index (κ3) is 5.07. The Bertz CT molecular complexity index is 1570. The first kappa shape index (κ1) is 23.5. The first-order valence-electron chi connectivity index (χ1n) is 10.5. The Hall–Kier alpha value is -3.27. The van der Waals surface area contributed by atoms with Crippen LogP contribution in [-0.2, 0) is 4.79 Å². The first-order chi connectivity index (χ1) is 17.0. The number of para-hydroxylation sites is 1. The van der Waals surface area contributed by atoms with E-state index in [1.807, 2.05) is 47.8 Å². The average molecular weight is 566 g/mol. The summed E-state index contributed by atoms with van der Waals surface area (Å²) in [5, 5.41) is 5.60. The van der Waals surface area contributed by atoms with Crippen LogP contribution in [0, 0.1) is 5.82 Å². The summed E-state index contributed by atoms with van der Waals surface area (Å²) in [4.78, 5) is 31.7. The molecule has 0 aliphatic carbocycles. The highest BCUT2D eigenvalue weighted by atomic mass is 79.9. The van der Waals surface area contributed by atoms with E-state index in [0.29, 0.717) is 32.3 Å². The van der Waals surface area contributed by atoms with E-state index in [1.165, 1.54) is 39.8 Å². The highest BCUT2D eigenvalue weighted by Gasteiger charge is 2.19. The molecule has 35 heavy (non-hydrogen) atoms. The number of hydrogen-bond acceptors (Lipinski definition) is 5. The van der Waals surface area contributed by atoms with Crippen molar-refractivity contribution in [3.63, 3.8) is 0 Å². The summed E-state index contributed by atoms with van der Waals surface area (Å²) in [6.07, 6.45) is 0. The number of amides is 1. The number of rotatable bonds is 6. The molecule has 5 aromatic rings. The molecular weight excluding hydrogens is 549 g/mol.